The Labute approximate surface area is 106 Å². The van der Waals surface area contributed by atoms with Gasteiger partial charge < -0.3 is 10.2 Å². The van der Waals surface area contributed by atoms with Crippen LogP contribution in [0.25, 0.3) is 0 Å². The average Bonchev–Trinajstić information content (AvgIpc) is 2.40. The summed E-state index contributed by atoms with van der Waals surface area (Å²) in [6.45, 7) is 4.24. The van der Waals surface area contributed by atoms with Crippen LogP contribution in [-0.2, 0) is 0 Å². The Hall–Kier alpha value is -0.660. The molecule has 0 aliphatic heterocycles. The number of rotatable bonds is 4. The molecular weight excluding hydrogens is 208 g/mol. The molecule has 2 fully saturated rings. The SMILES string of the molecule is C=C(NC1CCCCC1)N(C)C1CCCCC1. The van der Waals surface area contributed by atoms with E-state index in [2.05, 4.69) is 23.8 Å². The molecule has 0 radical (unpaired) electrons. The van der Waals surface area contributed by atoms with Crippen LogP contribution in [0.1, 0.15) is 64.2 Å². The fourth-order valence-electron chi connectivity index (χ4n) is 3.27. The first kappa shape index (κ1) is 12.8. The van der Waals surface area contributed by atoms with Gasteiger partial charge in [0.05, 0.1) is 5.82 Å². The first-order valence-corrected chi connectivity index (χ1v) is 7.45. The predicted octanol–water partition coefficient (Wildman–Crippen LogP) is 3.64. The van der Waals surface area contributed by atoms with Gasteiger partial charge in [-0.15, -0.1) is 0 Å². The lowest BCUT2D eigenvalue weighted by molar-refractivity contribution is 0.214. The molecule has 2 aliphatic carbocycles. The van der Waals surface area contributed by atoms with Crippen LogP contribution < -0.4 is 5.32 Å². The van der Waals surface area contributed by atoms with Crippen molar-refractivity contribution in [3.05, 3.63) is 12.4 Å². The molecule has 2 rings (SSSR count). The van der Waals surface area contributed by atoms with Crippen molar-refractivity contribution in [1.82, 2.24) is 10.2 Å². The van der Waals surface area contributed by atoms with Gasteiger partial charge in [0.15, 0.2) is 0 Å². The highest BCUT2D eigenvalue weighted by Gasteiger charge is 2.21. The van der Waals surface area contributed by atoms with E-state index in [1.165, 1.54) is 64.2 Å². The predicted molar refractivity (Wildman–Crippen MR) is 73.8 cm³/mol. The smallest absolute Gasteiger partial charge is 0.0940 e. The summed E-state index contributed by atoms with van der Waals surface area (Å²) >= 11 is 0. The average molecular weight is 236 g/mol. The van der Waals surface area contributed by atoms with Gasteiger partial charge in [0.1, 0.15) is 0 Å². The Bertz CT molecular complexity index is 237. The molecule has 0 aromatic carbocycles. The molecule has 1 N–H and O–H groups in total. The molecule has 2 nitrogen and oxygen atoms in total. The zero-order valence-corrected chi connectivity index (χ0v) is 11.4. The van der Waals surface area contributed by atoms with E-state index in [0.717, 1.165) is 11.9 Å². The minimum atomic E-state index is 0.683. The van der Waals surface area contributed by atoms with Crippen molar-refractivity contribution in [2.75, 3.05) is 7.05 Å². The lowest BCUT2D eigenvalue weighted by Gasteiger charge is -2.36. The molecule has 0 atom stereocenters. The Morgan fingerprint density at radius 2 is 1.47 bits per heavy atom. The van der Waals surface area contributed by atoms with E-state index in [4.69, 9.17) is 0 Å². The van der Waals surface area contributed by atoms with Crippen molar-refractivity contribution < 1.29 is 0 Å². The Morgan fingerprint density at radius 3 is 2.06 bits per heavy atom. The van der Waals surface area contributed by atoms with Gasteiger partial charge in [-0.25, -0.2) is 0 Å². The minimum Gasteiger partial charge on any atom is -0.370 e. The van der Waals surface area contributed by atoms with Crippen molar-refractivity contribution >= 4 is 0 Å². The summed E-state index contributed by atoms with van der Waals surface area (Å²) in [5, 5.41) is 3.65. The van der Waals surface area contributed by atoms with E-state index in [1.54, 1.807) is 0 Å². The fourth-order valence-corrected chi connectivity index (χ4v) is 3.27. The van der Waals surface area contributed by atoms with E-state index < -0.39 is 0 Å². The molecule has 0 bridgehead atoms. The summed E-state index contributed by atoms with van der Waals surface area (Å²) in [5.41, 5.74) is 0. The van der Waals surface area contributed by atoms with Crippen molar-refractivity contribution in [3.8, 4) is 0 Å². The summed E-state index contributed by atoms with van der Waals surface area (Å²) in [4.78, 5) is 2.40. The van der Waals surface area contributed by atoms with Crippen LogP contribution in [0.15, 0.2) is 12.4 Å². The number of nitrogens with zero attached hydrogens (tertiary/aromatic N) is 1. The maximum atomic E-state index is 4.24. The largest absolute Gasteiger partial charge is 0.370 e. The van der Waals surface area contributed by atoms with Crippen LogP contribution in [-0.4, -0.2) is 24.0 Å². The van der Waals surface area contributed by atoms with Crippen molar-refractivity contribution in [1.29, 1.82) is 0 Å². The van der Waals surface area contributed by atoms with Gasteiger partial charge in [-0.1, -0.05) is 45.1 Å². The number of hydrogen-bond acceptors (Lipinski definition) is 2. The molecule has 2 saturated carbocycles. The summed E-state index contributed by atoms with van der Waals surface area (Å²) in [5.74, 6) is 1.16. The van der Waals surface area contributed by atoms with Gasteiger partial charge in [0, 0.05) is 19.1 Å². The summed E-state index contributed by atoms with van der Waals surface area (Å²) in [6, 6.07) is 1.41. The lowest BCUT2D eigenvalue weighted by atomic mass is 9.94. The molecule has 0 saturated heterocycles. The topological polar surface area (TPSA) is 15.3 Å². The third-order valence-electron chi connectivity index (χ3n) is 4.52. The van der Waals surface area contributed by atoms with Gasteiger partial charge in [0.2, 0.25) is 0 Å². The number of nitrogens with one attached hydrogen (secondary N) is 1. The van der Waals surface area contributed by atoms with Gasteiger partial charge >= 0.3 is 0 Å². The van der Waals surface area contributed by atoms with Gasteiger partial charge in [0.25, 0.3) is 0 Å². The van der Waals surface area contributed by atoms with E-state index in [9.17, 15) is 0 Å². The summed E-state index contributed by atoms with van der Waals surface area (Å²) in [7, 11) is 2.22. The monoisotopic (exact) mass is 236 g/mol. The molecule has 0 spiro atoms. The zero-order valence-electron chi connectivity index (χ0n) is 11.4. The Balaban J connectivity index is 1.77. The van der Waals surface area contributed by atoms with Crippen LogP contribution >= 0.6 is 0 Å². The van der Waals surface area contributed by atoms with Crippen LogP contribution in [0, 0.1) is 0 Å². The highest BCUT2D eigenvalue weighted by molar-refractivity contribution is 4.96. The van der Waals surface area contributed by atoms with Crippen LogP contribution in [0.2, 0.25) is 0 Å². The highest BCUT2D eigenvalue weighted by Crippen LogP contribution is 2.24. The normalized spacial score (nSPS) is 23.4. The highest BCUT2D eigenvalue weighted by atomic mass is 15.2. The molecule has 0 heterocycles. The molecular formula is C15H28N2. The first-order valence-electron chi connectivity index (χ1n) is 7.45. The van der Waals surface area contributed by atoms with Crippen molar-refractivity contribution in [2.24, 2.45) is 0 Å². The van der Waals surface area contributed by atoms with E-state index in [1.807, 2.05) is 0 Å². The molecule has 2 aliphatic rings. The Morgan fingerprint density at radius 1 is 0.941 bits per heavy atom. The van der Waals surface area contributed by atoms with Crippen molar-refractivity contribution in [2.45, 2.75) is 76.3 Å². The second kappa shape index (κ2) is 6.32. The standard InChI is InChI=1S/C15H28N2/c1-13(16-14-9-5-3-6-10-14)17(2)15-11-7-4-8-12-15/h14-16H,1,3-12H2,2H3. The van der Waals surface area contributed by atoms with Crippen LogP contribution in [0.4, 0.5) is 0 Å². The van der Waals surface area contributed by atoms with Crippen molar-refractivity contribution in [3.63, 3.8) is 0 Å². The molecule has 98 valence electrons. The molecule has 0 aromatic heterocycles. The second-order valence-electron chi connectivity index (χ2n) is 5.83. The second-order valence-corrected chi connectivity index (χ2v) is 5.83. The van der Waals surface area contributed by atoms with Gasteiger partial charge in [-0.2, -0.15) is 0 Å². The third-order valence-corrected chi connectivity index (χ3v) is 4.52. The molecule has 0 unspecified atom stereocenters. The van der Waals surface area contributed by atoms with Gasteiger partial charge in [-0.3, -0.25) is 0 Å². The maximum absolute atomic E-state index is 4.24. The Kier molecular flexibility index (Phi) is 4.75. The molecule has 0 amide bonds. The summed E-state index contributed by atoms with van der Waals surface area (Å²) < 4.78 is 0. The molecule has 2 heteroatoms. The maximum Gasteiger partial charge on any atom is 0.0940 e. The molecule has 17 heavy (non-hydrogen) atoms. The minimum absolute atomic E-state index is 0.683. The van der Waals surface area contributed by atoms with E-state index in [0.29, 0.717) is 6.04 Å². The van der Waals surface area contributed by atoms with Gasteiger partial charge in [-0.05, 0) is 25.7 Å². The zero-order chi connectivity index (χ0) is 12.1. The third kappa shape index (κ3) is 3.65. The number of hydrogen-bond donors (Lipinski definition) is 1. The van der Waals surface area contributed by atoms with Crippen LogP contribution in [0.5, 0.6) is 0 Å². The van der Waals surface area contributed by atoms with E-state index >= 15 is 0 Å². The quantitative estimate of drug-likeness (QED) is 0.801. The molecule has 0 aromatic rings. The van der Waals surface area contributed by atoms with E-state index in [-0.39, 0.29) is 0 Å². The lowest BCUT2D eigenvalue weighted by Crippen LogP contribution is -2.41. The summed E-state index contributed by atoms with van der Waals surface area (Å²) in [6.07, 6.45) is 13.8. The first-order chi connectivity index (χ1) is 8.27. The fraction of sp³-hybridized carbons (Fsp3) is 0.867. The van der Waals surface area contributed by atoms with Crippen LogP contribution in [0.3, 0.4) is 0 Å².